The zero-order chi connectivity index (χ0) is 20.9. The molecule has 4 rings (SSSR count). The van der Waals surface area contributed by atoms with Gasteiger partial charge in [0, 0.05) is 38.1 Å². The van der Waals surface area contributed by atoms with Gasteiger partial charge in [-0.05, 0) is 13.8 Å². The predicted molar refractivity (Wildman–Crippen MR) is 101 cm³/mol. The highest BCUT2D eigenvalue weighted by Gasteiger charge is 2.34. The molecular formula is C19H20F3N5O2. The van der Waals surface area contributed by atoms with Crippen molar-refractivity contribution in [1.82, 2.24) is 9.97 Å². The Morgan fingerprint density at radius 1 is 1.17 bits per heavy atom. The molecule has 2 aliphatic rings. The second-order valence-corrected chi connectivity index (χ2v) is 7.36. The number of carbonyl (C=O) groups is 1. The average Bonchev–Trinajstić information content (AvgIpc) is 2.63. The normalized spacial score (nSPS) is 23.2. The number of carbonyl (C=O) groups excluding carboxylic acids is 1. The Balaban J connectivity index is 1.40. The Morgan fingerprint density at radius 3 is 2.59 bits per heavy atom. The summed E-state index contributed by atoms with van der Waals surface area (Å²) < 4.78 is 45.4. The summed E-state index contributed by atoms with van der Waals surface area (Å²) in [6, 6.07) is 0.829. The van der Waals surface area contributed by atoms with E-state index in [1.54, 1.807) is 25.8 Å². The topological polar surface area (TPSA) is 79.4 Å². The molecule has 154 valence electrons. The van der Waals surface area contributed by atoms with E-state index in [-0.39, 0.29) is 29.8 Å². The van der Waals surface area contributed by atoms with Gasteiger partial charge in [-0.15, -0.1) is 0 Å². The fourth-order valence-electron chi connectivity index (χ4n) is 3.35. The first-order chi connectivity index (χ1) is 13.7. The number of amides is 1. The van der Waals surface area contributed by atoms with E-state index in [2.05, 4.69) is 20.6 Å². The molecule has 2 heterocycles. The first-order valence-electron chi connectivity index (χ1n) is 9.23. The summed E-state index contributed by atoms with van der Waals surface area (Å²) in [5, 5.41) is 6.02. The van der Waals surface area contributed by atoms with Gasteiger partial charge in [0.05, 0.1) is 5.69 Å². The van der Waals surface area contributed by atoms with Crippen molar-refractivity contribution in [2.45, 2.75) is 44.9 Å². The van der Waals surface area contributed by atoms with Gasteiger partial charge in [-0.3, -0.25) is 4.79 Å². The van der Waals surface area contributed by atoms with Crippen LogP contribution < -0.4 is 20.3 Å². The monoisotopic (exact) mass is 407 g/mol. The summed E-state index contributed by atoms with van der Waals surface area (Å²) in [6.07, 6.45) is 0.731. The quantitative estimate of drug-likeness (QED) is 0.759. The molecule has 0 saturated heterocycles. The maximum atomic E-state index is 13.7. The number of rotatable bonds is 4. The summed E-state index contributed by atoms with van der Waals surface area (Å²) in [5.74, 6) is -2.72. The van der Waals surface area contributed by atoms with Crippen LogP contribution in [0.2, 0.25) is 0 Å². The van der Waals surface area contributed by atoms with Crippen molar-refractivity contribution in [3.05, 3.63) is 35.3 Å². The average molecular weight is 407 g/mol. The smallest absolute Gasteiger partial charge is 0.246 e. The number of nitrogens with one attached hydrogen (secondary N) is 2. The summed E-state index contributed by atoms with van der Waals surface area (Å²) in [7, 11) is 1.79. The maximum absolute atomic E-state index is 13.7. The van der Waals surface area contributed by atoms with Gasteiger partial charge in [-0.1, -0.05) is 0 Å². The van der Waals surface area contributed by atoms with Crippen LogP contribution in [0.15, 0.2) is 12.1 Å². The van der Waals surface area contributed by atoms with E-state index in [0.717, 1.165) is 0 Å². The molecule has 0 bridgehead atoms. The number of anilines is 3. The Labute approximate surface area is 165 Å². The van der Waals surface area contributed by atoms with Crippen LogP contribution in [0.3, 0.4) is 0 Å². The third-order valence-electron chi connectivity index (χ3n) is 5.31. The molecular weight excluding hydrogens is 387 g/mol. The fourth-order valence-corrected chi connectivity index (χ4v) is 3.35. The first kappa shape index (κ1) is 19.3. The fraction of sp³-hybridized carbons (Fsp3) is 0.421. The van der Waals surface area contributed by atoms with Gasteiger partial charge < -0.3 is 20.3 Å². The number of likely N-dealkylation sites (N-methyl/N-ethyl adjacent to an activating group) is 1. The third kappa shape index (κ3) is 3.54. The SMILES string of the molecule is Cc1nc(N[C@H]2C[C@H](Oc3cc(F)c(F)cc3F)C2)nc2c1NC(=O)[C@H](C)N2C. The lowest BCUT2D eigenvalue weighted by Crippen LogP contribution is -2.45. The van der Waals surface area contributed by atoms with Crippen molar-refractivity contribution in [2.24, 2.45) is 0 Å². The molecule has 2 aromatic rings. The van der Waals surface area contributed by atoms with E-state index >= 15 is 0 Å². The number of halogens is 3. The molecule has 29 heavy (non-hydrogen) atoms. The lowest BCUT2D eigenvalue weighted by molar-refractivity contribution is -0.117. The van der Waals surface area contributed by atoms with E-state index in [9.17, 15) is 18.0 Å². The van der Waals surface area contributed by atoms with Crippen LogP contribution in [0.4, 0.5) is 30.6 Å². The zero-order valence-corrected chi connectivity index (χ0v) is 16.1. The van der Waals surface area contributed by atoms with Gasteiger partial charge >= 0.3 is 0 Å². The molecule has 1 amide bonds. The van der Waals surface area contributed by atoms with Gasteiger partial charge in [-0.25, -0.2) is 18.2 Å². The minimum atomic E-state index is -1.25. The number of nitrogens with zero attached hydrogens (tertiary/aromatic N) is 3. The molecule has 0 unspecified atom stereocenters. The minimum Gasteiger partial charge on any atom is -0.487 e. The molecule has 1 aliphatic heterocycles. The van der Waals surface area contributed by atoms with E-state index < -0.39 is 17.5 Å². The van der Waals surface area contributed by atoms with Crippen LogP contribution in [-0.2, 0) is 4.79 Å². The van der Waals surface area contributed by atoms with Crippen molar-refractivity contribution >= 4 is 23.4 Å². The molecule has 2 N–H and O–H groups in total. The molecule has 1 atom stereocenters. The Morgan fingerprint density at radius 2 is 1.86 bits per heavy atom. The highest BCUT2D eigenvalue weighted by atomic mass is 19.2. The Hall–Kier alpha value is -3.04. The third-order valence-corrected chi connectivity index (χ3v) is 5.31. The van der Waals surface area contributed by atoms with E-state index in [0.29, 0.717) is 48.1 Å². The van der Waals surface area contributed by atoms with Gasteiger partial charge in [0.25, 0.3) is 0 Å². The summed E-state index contributed by atoms with van der Waals surface area (Å²) in [4.78, 5) is 22.7. The van der Waals surface area contributed by atoms with Crippen LogP contribution in [-0.4, -0.2) is 41.1 Å². The zero-order valence-electron chi connectivity index (χ0n) is 16.1. The minimum absolute atomic E-state index is 0.00767. The molecule has 10 heteroatoms. The van der Waals surface area contributed by atoms with Crippen molar-refractivity contribution in [3.63, 3.8) is 0 Å². The van der Waals surface area contributed by atoms with Gasteiger partial charge in [0.15, 0.2) is 29.0 Å². The number of fused-ring (bicyclic) bond motifs is 1. The molecule has 1 aliphatic carbocycles. The lowest BCUT2D eigenvalue weighted by atomic mass is 9.89. The Bertz CT molecular complexity index is 981. The molecule has 1 fully saturated rings. The van der Waals surface area contributed by atoms with Crippen LogP contribution in [0.1, 0.15) is 25.5 Å². The number of benzene rings is 1. The van der Waals surface area contributed by atoms with E-state index in [1.807, 2.05) is 0 Å². The predicted octanol–water partition coefficient (Wildman–Crippen LogP) is 3.00. The van der Waals surface area contributed by atoms with Gasteiger partial charge in [0.1, 0.15) is 17.8 Å². The van der Waals surface area contributed by atoms with Crippen molar-refractivity contribution in [3.8, 4) is 5.75 Å². The summed E-state index contributed by atoms with van der Waals surface area (Å²) in [5.41, 5.74) is 1.23. The van der Waals surface area contributed by atoms with Gasteiger partial charge in [0.2, 0.25) is 11.9 Å². The van der Waals surface area contributed by atoms with Crippen LogP contribution in [0.25, 0.3) is 0 Å². The lowest BCUT2D eigenvalue weighted by Gasteiger charge is -2.37. The number of aromatic nitrogens is 2. The second kappa shape index (κ2) is 7.09. The van der Waals surface area contributed by atoms with Crippen LogP contribution >= 0.6 is 0 Å². The molecule has 7 nitrogen and oxygen atoms in total. The van der Waals surface area contributed by atoms with Crippen LogP contribution in [0, 0.1) is 24.4 Å². The van der Waals surface area contributed by atoms with Crippen molar-refractivity contribution in [1.29, 1.82) is 0 Å². The number of hydrogen-bond acceptors (Lipinski definition) is 6. The molecule has 1 saturated carbocycles. The number of aryl methyl sites for hydroxylation is 1. The van der Waals surface area contributed by atoms with E-state index in [1.165, 1.54) is 0 Å². The van der Waals surface area contributed by atoms with Gasteiger partial charge in [-0.2, -0.15) is 4.98 Å². The highest BCUT2D eigenvalue weighted by Crippen LogP contribution is 2.34. The first-order valence-corrected chi connectivity index (χ1v) is 9.23. The standard InChI is InChI=1S/C19H20F3N5O2/c1-8-16-17(27(3)9(2)18(28)25-16)26-19(23-8)24-10-4-11(5-10)29-15-7-13(21)12(20)6-14(15)22/h6-7,9-11H,4-5H2,1-3H3,(H,25,28)(H,23,24,26)/t9-,10-,11-/m0/s1. The van der Waals surface area contributed by atoms with Crippen LogP contribution in [0.5, 0.6) is 5.75 Å². The maximum Gasteiger partial charge on any atom is 0.246 e. The highest BCUT2D eigenvalue weighted by molar-refractivity contribution is 6.03. The molecule has 0 spiro atoms. The van der Waals surface area contributed by atoms with E-state index in [4.69, 9.17) is 4.74 Å². The molecule has 1 aromatic heterocycles. The second-order valence-electron chi connectivity index (χ2n) is 7.36. The summed E-state index contributed by atoms with van der Waals surface area (Å²) >= 11 is 0. The molecule has 1 aromatic carbocycles. The van der Waals surface area contributed by atoms with Crippen molar-refractivity contribution in [2.75, 3.05) is 22.6 Å². The largest absolute Gasteiger partial charge is 0.487 e. The number of ether oxygens (including phenoxy) is 1. The summed E-state index contributed by atoms with van der Waals surface area (Å²) in [6.45, 7) is 3.57. The number of hydrogen-bond donors (Lipinski definition) is 2. The van der Waals surface area contributed by atoms with Crippen molar-refractivity contribution < 1.29 is 22.7 Å². The Kier molecular flexibility index (Phi) is 4.71. The molecule has 0 radical (unpaired) electrons.